The van der Waals surface area contributed by atoms with Gasteiger partial charge in [0.15, 0.2) is 9.84 Å². The zero-order valence-electron chi connectivity index (χ0n) is 10.4. The van der Waals surface area contributed by atoms with Gasteiger partial charge in [-0.15, -0.1) is 0 Å². The number of rotatable bonds is 5. The second-order valence-electron chi connectivity index (χ2n) is 4.01. The topological polar surface area (TPSA) is 37.4 Å². The van der Waals surface area contributed by atoms with Crippen LogP contribution in [0, 0.1) is 0 Å². The Labute approximate surface area is 112 Å². The van der Waals surface area contributed by atoms with E-state index in [0.717, 1.165) is 11.0 Å². The molecule has 5 heteroatoms. The van der Waals surface area contributed by atoms with Crippen LogP contribution < -0.4 is 4.90 Å². The zero-order chi connectivity index (χ0) is 13.1. The number of benzene rings is 1. The van der Waals surface area contributed by atoms with Crippen LogP contribution >= 0.6 is 15.9 Å². The lowest BCUT2D eigenvalue weighted by atomic mass is 10.2. The summed E-state index contributed by atoms with van der Waals surface area (Å²) in [7, 11) is -1.10. The molecule has 0 aliphatic carbocycles. The first-order chi connectivity index (χ1) is 7.92. The summed E-state index contributed by atoms with van der Waals surface area (Å²) in [5.41, 5.74) is 1.02. The second kappa shape index (κ2) is 5.87. The third-order valence-corrected chi connectivity index (χ3v) is 5.56. The monoisotopic (exact) mass is 319 g/mol. The van der Waals surface area contributed by atoms with Crippen molar-refractivity contribution >= 4 is 31.5 Å². The molecule has 0 saturated carbocycles. The molecule has 0 saturated heterocycles. The molecule has 0 aromatic heterocycles. The first-order valence-electron chi connectivity index (χ1n) is 5.54. The normalized spacial score (nSPS) is 13.4. The fraction of sp³-hybridized carbons (Fsp3) is 0.500. The Bertz CT molecular complexity index is 456. The molecule has 0 radical (unpaired) electrons. The standard InChI is InChI=1S/C12H18BrNO2S/c1-4-17(15,16)12-7-5-11(6-8-12)14(3)10(2)9-13/h5-8,10H,4,9H2,1-3H3. The van der Waals surface area contributed by atoms with Crippen LogP contribution in [0.15, 0.2) is 29.2 Å². The van der Waals surface area contributed by atoms with Crippen molar-refractivity contribution in [3.63, 3.8) is 0 Å². The molecule has 0 fully saturated rings. The Kier molecular flexibility index (Phi) is 5.01. The molecule has 96 valence electrons. The van der Waals surface area contributed by atoms with Gasteiger partial charge in [-0.3, -0.25) is 0 Å². The lowest BCUT2D eigenvalue weighted by molar-refractivity contribution is 0.597. The molecule has 1 atom stereocenters. The van der Waals surface area contributed by atoms with Crippen molar-refractivity contribution in [2.45, 2.75) is 24.8 Å². The summed E-state index contributed by atoms with van der Waals surface area (Å²) in [5, 5.41) is 0.874. The minimum Gasteiger partial charge on any atom is -0.371 e. The maximum atomic E-state index is 11.7. The van der Waals surface area contributed by atoms with E-state index in [9.17, 15) is 8.42 Å². The predicted octanol–water partition coefficient (Wildman–Crippen LogP) is 2.70. The molecule has 0 aliphatic rings. The van der Waals surface area contributed by atoms with E-state index < -0.39 is 9.84 Å². The van der Waals surface area contributed by atoms with E-state index in [1.165, 1.54) is 0 Å². The molecule has 0 spiro atoms. The molecule has 1 unspecified atom stereocenters. The highest BCUT2D eigenvalue weighted by Crippen LogP contribution is 2.19. The summed E-state index contributed by atoms with van der Waals surface area (Å²) in [5.74, 6) is 0.139. The number of hydrogen-bond acceptors (Lipinski definition) is 3. The molecule has 1 rings (SSSR count). The van der Waals surface area contributed by atoms with Gasteiger partial charge < -0.3 is 4.90 Å². The largest absolute Gasteiger partial charge is 0.371 e. The summed E-state index contributed by atoms with van der Waals surface area (Å²) in [4.78, 5) is 2.50. The van der Waals surface area contributed by atoms with Gasteiger partial charge in [0.25, 0.3) is 0 Å². The summed E-state index contributed by atoms with van der Waals surface area (Å²) in [6, 6.07) is 7.41. The predicted molar refractivity (Wildman–Crippen MR) is 75.8 cm³/mol. The highest BCUT2D eigenvalue weighted by molar-refractivity contribution is 9.09. The number of nitrogens with zero attached hydrogens (tertiary/aromatic N) is 1. The highest BCUT2D eigenvalue weighted by Gasteiger charge is 2.13. The average molecular weight is 320 g/mol. The van der Waals surface area contributed by atoms with Gasteiger partial charge in [0.05, 0.1) is 10.6 Å². The maximum absolute atomic E-state index is 11.7. The maximum Gasteiger partial charge on any atom is 0.178 e. The van der Waals surface area contributed by atoms with Crippen LogP contribution in [-0.4, -0.2) is 32.6 Å². The van der Waals surface area contributed by atoms with Gasteiger partial charge in [-0.25, -0.2) is 8.42 Å². The van der Waals surface area contributed by atoms with Gasteiger partial charge >= 0.3 is 0 Å². The van der Waals surface area contributed by atoms with Gasteiger partial charge in [-0.2, -0.15) is 0 Å². The number of alkyl halides is 1. The number of halogens is 1. The molecule has 0 amide bonds. The first kappa shape index (κ1) is 14.5. The van der Waals surface area contributed by atoms with Crippen LogP contribution in [-0.2, 0) is 9.84 Å². The van der Waals surface area contributed by atoms with Crippen LogP contribution in [0.2, 0.25) is 0 Å². The van der Waals surface area contributed by atoms with E-state index in [4.69, 9.17) is 0 Å². The summed E-state index contributed by atoms with van der Waals surface area (Å²) < 4.78 is 23.3. The van der Waals surface area contributed by atoms with Crippen molar-refractivity contribution < 1.29 is 8.42 Å². The van der Waals surface area contributed by atoms with Crippen molar-refractivity contribution in [2.24, 2.45) is 0 Å². The Morgan fingerprint density at radius 3 is 2.24 bits per heavy atom. The highest BCUT2D eigenvalue weighted by atomic mass is 79.9. The Balaban J connectivity index is 2.96. The number of anilines is 1. The van der Waals surface area contributed by atoms with Crippen molar-refractivity contribution in [1.29, 1.82) is 0 Å². The minimum atomic E-state index is -3.09. The molecule has 0 heterocycles. The Morgan fingerprint density at radius 2 is 1.82 bits per heavy atom. The summed E-state index contributed by atoms with van der Waals surface area (Å²) in [6.45, 7) is 3.76. The molecule has 1 aromatic rings. The van der Waals surface area contributed by atoms with Crippen molar-refractivity contribution in [2.75, 3.05) is 23.0 Å². The SMILES string of the molecule is CCS(=O)(=O)c1ccc(N(C)C(C)CBr)cc1. The van der Waals surface area contributed by atoms with Gasteiger partial charge in [0, 0.05) is 24.1 Å². The summed E-state index contributed by atoms with van der Waals surface area (Å²) in [6.07, 6.45) is 0. The molecule has 3 nitrogen and oxygen atoms in total. The summed E-state index contributed by atoms with van der Waals surface area (Å²) >= 11 is 3.43. The fourth-order valence-electron chi connectivity index (χ4n) is 1.41. The van der Waals surface area contributed by atoms with E-state index in [-0.39, 0.29) is 5.75 Å². The van der Waals surface area contributed by atoms with Crippen LogP contribution in [0.25, 0.3) is 0 Å². The molecular weight excluding hydrogens is 302 g/mol. The van der Waals surface area contributed by atoms with Crippen molar-refractivity contribution in [3.8, 4) is 0 Å². The average Bonchev–Trinajstić information content (AvgIpc) is 2.37. The van der Waals surface area contributed by atoms with E-state index in [1.54, 1.807) is 19.1 Å². The fourth-order valence-corrected chi connectivity index (χ4v) is 2.73. The van der Waals surface area contributed by atoms with Gasteiger partial charge in [0.1, 0.15) is 0 Å². The second-order valence-corrected chi connectivity index (χ2v) is 6.94. The molecule has 0 aliphatic heterocycles. The van der Waals surface area contributed by atoms with E-state index in [0.29, 0.717) is 10.9 Å². The number of sulfone groups is 1. The minimum absolute atomic E-state index is 0.139. The Morgan fingerprint density at radius 1 is 1.29 bits per heavy atom. The lowest BCUT2D eigenvalue weighted by Crippen LogP contribution is -2.29. The zero-order valence-corrected chi connectivity index (χ0v) is 12.8. The van der Waals surface area contributed by atoms with Gasteiger partial charge in [0.2, 0.25) is 0 Å². The molecular formula is C12H18BrNO2S. The van der Waals surface area contributed by atoms with E-state index >= 15 is 0 Å². The third kappa shape index (κ3) is 3.45. The van der Waals surface area contributed by atoms with Crippen LogP contribution in [0.5, 0.6) is 0 Å². The smallest absolute Gasteiger partial charge is 0.178 e. The van der Waals surface area contributed by atoms with Crippen molar-refractivity contribution in [1.82, 2.24) is 0 Å². The number of hydrogen-bond donors (Lipinski definition) is 0. The molecule has 0 bridgehead atoms. The van der Waals surface area contributed by atoms with Crippen LogP contribution in [0.3, 0.4) is 0 Å². The van der Waals surface area contributed by atoms with E-state index in [1.807, 2.05) is 19.2 Å². The van der Waals surface area contributed by atoms with Gasteiger partial charge in [-0.1, -0.05) is 22.9 Å². The van der Waals surface area contributed by atoms with Crippen molar-refractivity contribution in [3.05, 3.63) is 24.3 Å². The lowest BCUT2D eigenvalue weighted by Gasteiger charge is -2.25. The first-order valence-corrected chi connectivity index (χ1v) is 8.31. The van der Waals surface area contributed by atoms with E-state index in [2.05, 4.69) is 27.8 Å². The quantitative estimate of drug-likeness (QED) is 0.783. The van der Waals surface area contributed by atoms with Crippen LogP contribution in [0.1, 0.15) is 13.8 Å². The third-order valence-electron chi connectivity index (χ3n) is 2.87. The molecule has 0 N–H and O–H groups in total. The Hall–Kier alpha value is -0.550. The van der Waals surface area contributed by atoms with Gasteiger partial charge in [-0.05, 0) is 31.2 Å². The molecule has 17 heavy (non-hydrogen) atoms. The van der Waals surface area contributed by atoms with Crippen LogP contribution in [0.4, 0.5) is 5.69 Å². The molecule has 1 aromatic carbocycles.